The molecule has 0 bridgehead atoms. The van der Waals surface area contributed by atoms with Crippen LogP contribution in [0, 0.1) is 5.92 Å². The van der Waals surface area contributed by atoms with Gasteiger partial charge in [0.05, 0.1) is 203 Å². The number of anilines is 1. The number of amides is 15. The van der Waals surface area contributed by atoms with Crippen LogP contribution < -0.4 is 43.0 Å². The Balaban J connectivity index is 1.57. The lowest BCUT2D eigenvalue weighted by atomic mass is 10.0. The number of aliphatic hydroxyl groups excluding tert-OH is 10. The summed E-state index contributed by atoms with van der Waals surface area (Å²) in [4.78, 5) is 189. The van der Waals surface area contributed by atoms with E-state index in [1.165, 1.54) is 57.2 Å². The number of benzene rings is 1. The number of primary amides is 1. The van der Waals surface area contributed by atoms with Crippen LogP contribution in [0.15, 0.2) is 36.4 Å². The number of unbranched alkanes of at least 4 members (excludes halogenated alkanes) is 3. The van der Waals surface area contributed by atoms with E-state index in [9.17, 15) is 108 Å². The minimum atomic E-state index is -1.92. The van der Waals surface area contributed by atoms with Crippen LogP contribution in [0.2, 0.25) is 0 Å². The highest BCUT2D eigenvalue weighted by molar-refractivity contribution is 6.13. The fourth-order valence-electron chi connectivity index (χ4n) is 12.7. The van der Waals surface area contributed by atoms with Crippen LogP contribution in [0.5, 0.6) is 0 Å². The van der Waals surface area contributed by atoms with Gasteiger partial charge in [-0.2, -0.15) is 0 Å². The average Bonchev–Trinajstić information content (AvgIpc) is 1.57. The SMILES string of the molecule is COCc1ccc(NC(=O)[C@H](CCCNC(N)=O)NC(=O)[C@@H](NC(=O)[C@H](CCCCNC(=O)CCOCCOCCOCCOCCNC(=O)CN(C)C(=O)CN(C)C(=O)CN(C)C(=O)CN(C)C(=O)CN(C)C(=O)CCOCCOCCOCCOCCOCCOCCN(C[C@H](O)[C@@H](O)[C@H](O)[C@H](O)CO)C[C@H](O)[C@@H](O)[C@H](O)[C@H](O)CO)NC(=O)CCCCCN2C(=O)C=CC2=O)C(C)C)cc1. The van der Waals surface area contributed by atoms with Crippen LogP contribution in [0.3, 0.4) is 0 Å². The summed E-state index contributed by atoms with van der Waals surface area (Å²) in [6.07, 6.45) is -9.62. The summed E-state index contributed by atoms with van der Waals surface area (Å²) in [7, 11) is 8.45. The first kappa shape index (κ1) is 125. The van der Waals surface area contributed by atoms with Gasteiger partial charge in [0.2, 0.25) is 65.0 Å². The van der Waals surface area contributed by atoms with E-state index in [-0.39, 0.29) is 222 Å². The number of carbonyl (C=O) groups excluding carboxylic acids is 14. The maximum Gasteiger partial charge on any atom is 0.312 e. The molecule has 1 aromatic carbocycles. The molecule has 50 nitrogen and oxygen atoms in total. The molecule has 0 fully saturated rings. The molecule has 790 valence electrons. The van der Waals surface area contributed by atoms with Crippen molar-refractivity contribution in [3.05, 3.63) is 42.0 Å². The molecule has 19 N–H and O–H groups in total. The molecule has 0 saturated carbocycles. The van der Waals surface area contributed by atoms with Crippen molar-refractivity contribution >= 4 is 88.5 Å². The number of rotatable bonds is 83. The Labute approximate surface area is 805 Å². The van der Waals surface area contributed by atoms with E-state index < -0.39 is 196 Å². The zero-order valence-electron chi connectivity index (χ0n) is 80.8. The Hall–Kier alpha value is -9.34. The van der Waals surface area contributed by atoms with Crippen molar-refractivity contribution in [3.8, 4) is 0 Å². The van der Waals surface area contributed by atoms with Gasteiger partial charge in [-0.3, -0.25) is 72.1 Å². The first-order chi connectivity index (χ1) is 65.8. The lowest BCUT2D eigenvalue weighted by Gasteiger charge is -2.33. The van der Waals surface area contributed by atoms with Crippen LogP contribution in [-0.4, -0.2) is 501 Å². The maximum absolute atomic E-state index is 14.1. The van der Waals surface area contributed by atoms with Crippen molar-refractivity contribution in [2.45, 2.75) is 158 Å². The van der Waals surface area contributed by atoms with E-state index in [0.717, 1.165) is 30.1 Å². The fraction of sp³-hybridized carbons (Fsp3) is 0.750. The third-order valence-corrected chi connectivity index (χ3v) is 21.0. The Bertz CT molecular complexity index is 3670. The molecule has 1 heterocycles. The minimum absolute atomic E-state index is 0.0154. The van der Waals surface area contributed by atoms with Gasteiger partial charge in [0.25, 0.3) is 11.8 Å². The minimum Gasteiger partial charge on any atom is -0.394 e. The Kier molecular flexibility index (Phi) is 67.4. The molecule has 1 aliphatic heterocycles. The third kappa shape index (κ3) is 56.2. The van der Waals surface area contributed by atoms with Gasteiger partial charge in [-0.25, -0.2) is 4.79 Å². The quantitative estimate of drug-likeness (QED) is 0.0213. The summed E-state index contributed by atoms with van der Waals surface area (Å²) in [6, 6.07) is 2.77. The number of aliphatic hydroxyl groups is 10. The smallest absolute Gasteiger partial charge is 0.312 e. The molecule has 11 atom stereocenters. The highest BCUT2D eigenvalue weighted by Gasteiger charge is 2.37. The molecule has 0 spiro atoms. The largest absolute Gasteiger partial charge is 0.394 e. The van der Waals surface area contributed by atoms with Gasteiger partial charge in [-0.15, -0.1) is 0 Å². The van der Waals surface area contributed by atoms with Crippen molar-refractivity contribution in [2.24, 2.45) is 11.7 Å². The van der Waals surface area contributed by atoms with Crippen molar-refractivity contribution < 1.29 is 170 Å². The molecule has 1 aliphatic rings. The molecular formula is C88H153N15O35. The van der Waals surface area contributed by atoms with Crippen LogP contribution >= 0.6 is 0 Å². The van der Waals surface area contributed by atoms with Gasteiger partial charge in [0.15, 0.2) is 0 Å². The van der Waals surface area contributed by atoms with Crippen LogP contribution in [0.25, 0.3) is 0 Å². The van der Waals surface area contributed by atoms with Gasteiger partial charge in [-0.05, 0) is 68.6 Å². The molecule has 138 heavy (non-hydrogen) atoms. The number of hydrogen-bond acceptors (Lipinski definition) is 36. The summed E-state index contributed by atoms with van der Waals surface area (Å²) >= 11 is 0. The second-order valence-corrected chi connectivity index (χ2v) is 32.9. The number of methoxy groups -OCH3 is 1. The fourth-order valence-corrected chi connectivity index (χ4v) is 12.7. The van der Waals surface area contributed by atoms with E-state index >= 15 is 0 Å². The number of carbonyl (C=O) groups is 14. The summed E-state index contributed by atoms with van der Waals surface area (Å²) in [5.41, 5.74) is 6.55. The molecule has 2 rings (SSSR count). The van der Waals surface area contributed by atoms with Gasteiger partial charge >= 0.3 is 6.03 Å². The summed E-state index contributed by atoms with van der Waals surface area (Å²) < 4.78 is 60.3. The monoisotopic (exact) mass is 1980 g/mol. The lowest BCUT2D eigenvalue weighted by molar-refractivity contribution is -0.145. The van der Waals surface area contributed by atoms with Gasteiger partial charge in [0, 0.05) is 119 Å². The molecule has 0 aliphatic carbocycles. The number of nitrogens with one attached hydrogen (secondary N) is 7. The first-order valence-corrected chi connectivity index (χ1v) is 46.1. The number of nitrogens with two attached hydrogens (primary N) is 1. The molecule has 0 unspecified atom stereocenters. The zero-order valence-corrected chi connectivity index (χ0v) is 80.8. The summed E-state index contributed by atoms with van der Waals surface area (Å²) in [5.74, 6) is -7.09. The van der Waals surface area contributed by atoms with E-state index in [4.69, 9.17) is 68.1 Å². The number of ether oxygens (including phenoxy) is 11. The Morgan fingerprint density at radius 1 is 0.391 bits per heavy atom. The lowest BCUT2D eigenvalue weighted by Crippen LogP contribution is -2.57. The second-order valence-electron chi connectivity index (χ2n) is 32.9. The van der Waals surface area contributed by atoms with E-state index in [2.05, 4.69) is 37.2 Å². The Morgan fingerprint density at radius 3 is 1.24 bits per heavy atom. The number of nitrogens with zero attached hydrogens (tertiary/aromatic N) is 7. The predicted octanol–water partition coefficient (Wildman–Crippen LogP) is -8.37. The van der Waals surface area contributed by atoms with E-state index in [0.29, 0.717) is 44.4 Å². The highest BCUT2D eigenvalue weighted by Crippen LogP contribution is 2.17. The molecule has 0 aromatic heterocycles. The standard InChI is InChI=1S/C88H153N15O35/c1-61(2)80(87(126)95-65(16-14-27-92-88(89)127)85(124)93-63-20-18-62(19-21-63)60-128-8)96-86(125)64(94-71(111)17-10-9-13-29-103-74(114)22-23-75(103)115)15-11-12-26-90-70(110)24-31-129-35-39-133-43-45-135-41-37-131-33-28-91-72(112)53-97(3)76(116)55-99(5)78(118)57-101(7)79(119)56-100(6)77(117)54-98(4)73(113)25-32-130-36-40-134-44-47-137-49-50-138-48-46-136-42-38-132-34-30-102(51-66(106)81(120)83(122)68(108)58-104)52-67(107)82(121)84(123)69(109)59-105/h18-23,61,64-69,80-84,104-109,120-123H,9-17,24-60H2,1-8H3,(H,90,110)(H,91,112)(H,93,124)(H,94,111)(H,95,126)(H,96,125)(H3,89,92,127)/t64-,65-,66-,67-,68+,69+,80-,81+,82+,83+,84+/m0/s1. The van der Waals surface area contributed by atoms with Gasteiger partial charge < -0.3 is 171 Å². The van der Waals surface area contributed by atoms with Crippen molar-refractivity contribution in [1.82, 2.24) is 66.2 Å². The van der Waals surface area contributed by atoms with Crippen LogP contribution in [0.4, 0.5) is 10.5 Å². The maximum atomic E-state index is 14.1. The number of likely N-dealkylation sites (N-methyl/N-ethyl adjacent to an activating group) is 5. The summed E-state index contributed by atoms with van der Waals surface area (Å²) in [5, 5.41) is 118. The highest BCUT2D eigenvalue weighted by atomic mass is 16.6. The second kappa shape index (κ2) is 74.6. The normalized spacial score (nSPS) is 14.4. The average molecular weight is 1980 g/mol. The van der Waals surface area contributed by atoms with Crippen LogP contribution in [-0.2, 0) is 121 Å². The summed E-state index contributed by atoms with van der Waals surface area (Å²) in [6.45, 7) is 3.65. The van der Waals surface area contributed by atoms with Gasteiger partial charge in [0.1, 0.15) is 54.7 Å². The van der Waals surface area contributed by atoms with Crippen molar-refractivity contribution in [1.29, 1.82) is 0 Å². The molecule has 1 aromatic rings. The van der Waals surface area contributed by atoms with E-state index in [1.54, 1.807) is 45.2 Å². The van der Waals surface area contributed by atoms with E-state index in [1.807, 2.05) is 0 Å². The topological polar surface area (TPSA) is 676 Å². The number of imide groups is 1. The number of hydrogen-bond donors (Lipinski definition) is 18. The first-order valence-electron chi connectivity index (χ1n) is 46.1. The van der Waals surface area contributed by atoms with Crippen molar-refractivity contribution in [2.75, 3.05) is 272 Å². The molecule has 15 amide bonds. The molecule has 0 saturated heterocycles. The Morgan fingerprint density at radius 2 is 0.790 bits per heavy atom. The molecular weight excluding hydrogens is 1830 g/mol. The van der Waals surface area contributed by atoms with Crippen molar-refractivity contribution in [3.63, 3.8) is 0 Å². The molecule has 0 radical (unpaired) electrons. The molecule has 50 heteroatoms. The predicted molar refractivity (Wildman–Crippen MR) is 492 cm³/mol. The zero-order chi connectivity index (χ0) is 103. The third-order valence-electron chi connectivity index (χ3n) is 21.0. The van der Waals surface area contributed by atoms with Gasteiger partial charge in [-0.1, -0.05) is 32.4 Å². The number of urea groups is 1. The van der Waals surface area contributed by atoms with Crippen LogP contribution in [0.1, 0.15) is 90.0 Å².